The van der Waals surface area contributed by atoms with E-state index in [1.54, 1.807) is 49.3 Å². The number of ether oxygens (including phenoxy) is 1. The molecule has 27 heavy (non-hydrogen) atoms. The molecule has 140 valence electrons. The molecule has 0 aliphatic carbocycles. The number of carbonyl (C=O) groups excluding carboxylic acids is 1. The highest BCUT2D eigenvalue weighted by molar-refractivity contribution is 6.08. The quantitative estimate of drug-likeness (QED) is 0.433. The van der Waals surface area contributed by atoms with Crippen molar-refractivity contribution in [2.24, 2.45) is 0 Å². The Morgan fingerprint density at radius 2 is 2.07 bits per heavy atom. The molecule has 0 radical (unpaired) electrons. The van der Waals surface area contributed by atoms with Gasteiger partial charge in [0.15, 0.2) is 0 Å². The highest BCUT2D eigenvalue weighted by atomic mass is 16.6. The average Bonchev–Trinajstić information content (AvgIpc) is 2.65. The van der Waals surface area contributed by atoms with Gasteiger partial charge in [-0.3, -0.25) is 14.9 Å². The molecule has 0 unspecified atom stereocenters. The van der Waals surface area contributed by atoms with E-state index < -0.39 is 10.8 Å². The number of nitriles is 1. The maximum atomic E-state index is 12.7. The number of carbonyl (C=O) groups is 1. The van der Waals surface area contributed by atoms with Gasteiger partial charge in [0.1, 0.15) is 5.75 Å². The van der Waals surface area contributed by atoms with Crippen LogP contribution in [0.15, 0.2) is 42.5 Å². The lowest BCUT2D eigenvalue weighted by Gasteiger charge is -2.17. The predicted molar refractivity (Wildman–Crippen MR) is 102 cm³/mol. The molecule has 0 aliphatic heterocycles. The van der Waals surface area contributed by atoms with Gasteiger partial charge in [-0.25, -0.2) is 0 Å². The highest BCUT2D eigenvalue weighted by Gasteiger charge is 2.18. The Morgan fingerprint density at radius 3 is 2.74 bits per heavy atom. The van der Waals surface area contributed by atoms with E-state index in [2.05, 4.69) is 5.32 Å². The number of benzene rings is 2. The lowest BCUT2D eigenvalue weighted by molar-refractivity contribution is -0.384. The van der Waals surface area contributed by atoms with Crippen LogP contribution in [-0.4, -0.2) is 31.5 Å². The fourth-order valence-corrected chi connectivity index (χ4v) is 2.41. The van der Waals surface area contributed by atoms with Gasteiger partial charge in [-0.1, -0.05) is 6.07 Å². The van der Waals surface area contributed by atoms with Crippen LogP contribution in [0.4, 0.5) is 17.1 Å². The molecule has 2 aromatic carbocycles. The summed E-state index contributed by atoms with van der Waals surface area (Å²) in [6.07, 6.45) is 1.03. The summed E-state index contributed by atoms with van der Waals surface area (Å²) in [6.45, 7) is 0.403. The predicted octanol–water partition coefficient (Wildman–Crippen LogP) is 3.60. The van der Waals surface area contributed by atoms with Crippen molar-refractivity contribution >= 4 is 23.0 Å². The largest absolute Gasteiger partial charge is 0.493 e. The molecule has 1 N–H and O–H groups in total. The lowest BCUT2D eigenvalue weighted by atomic mass is 10.1. The third-order valence-electron chi connectivity index (χ3n) is 3.71. The van der Waals surface area contributed by atoms with Crippen LogP contribution in [0.25, 0.3) is 0 Å². The first-order valence-corrected chi connectivity index (χ1v) is 8.29. The van der Waals surface area contributed by atoms with Crippen molar-refractivity contribution in [1.82, 2.24) is 0 Å². The highest BCUT2D eigenvalue weighted by Crippen LogP contribution is 2.26. The van der Waals surface area contributed by atoms with E-state index in [0.717, 1.165) is 0 Å². The maximum absolute atomic E-state index is 12.7. The third kappa shape index (κ3) is 5.44. The van der Waals surface area contributed by atoms with Crippen molar-refractivity contribution in [3.05, 3.63) is 58.1 Å². The van der Waals surface area contributed by atoms with Crippen LogP contribution in [0, 0.1) is 21.4 Å². The summed E-state index contributed by atoms with van der Waals surface area (Å²) in [4.78, 5) is 24.9. The molecular weight excluding hydrogens is 348 g/mol. The lowest BCUT2D eigenvalue weighted by Crippen LogP contribution is -2.18. The zero-order chi connectivity index (χ0) is 19.8. The van der Waals surface area contributed by atoms with Crippen LogP contribution in [0.3, 0.4) is 0 Å². The fourth-order valence-electron chi connectivity index (χ4n) is 2.41. The second-order valence-corrected chi connectivity index (χ2v) is 5.95. The van der Waals surface area contributed by atoms with Gasteiger partial charge >= 0.3 is 0 Å². The minimum absolute atomic E-state index is 0.152. The molecular formula is C19H20N4O4. The molecule has 0 aromatic heterocycles. The Hall–Kier alpha value is -3.60. The van der Waals surface area contributed by atoms with Gasteiger partial charge in [0, 0.05) is 50.1 Å². The number of non-ortho nitro benzene ring substituents is 1. The number of nitro benzene ring substituents is 1. The van der Waals surface area contributed by atoms with Gasteiger partial charge in [-0.15, -0.1) is 0 Å². The van der Waals surface area contributed by atoms with Gasteiger partial charge in [0.05, 0.1) is 23.2 Å². The molecule has 0 saturated carbocycles. The number of hydrogen-bond donors (Lipinski definition) is 1. The number of nitro groups is 1. The number of nitrogens with one attached hydrogen (secondary N) is 1. The first kappa shape index (κ1) is 19.7. The van der Waals surface area contributed by atoms with E-state index in [9.17, 15) is 14.9 Å². The Morgan fingerprint density at radius 1 is 1.30 bits per heavy atom. The number of anilines is 2. The molecule has 0 aliphatic rings. The first-order chi connectivity index (χ1) is 12.9. The molecule has 0 bridgehead atoms. The molecule has 2 rings (SSSR count). The Labute approximate surface area is 157 Å². The smallest absolute Gasteiger partial charge is 0.270 e. The van der Waals surface area contributed by atoms with Gasteiger partial charge in [-0.05, 0) is 24.6 Å². The summed E-state index contributed by atoms with van der Waals surface area (Å²) in [6, 6.07) is 13.1. The first-order valence-electron chi connectivity index (χ1n) is 8.29. The molecule has 8 nitrogen and oxygen atoms in total. The number of amides is 1. The molecule has 2 aromatic rings. The van der Waals surface area contributed by atoms with E-state index in [4.69, 9.17) is 10.00 Å². The monoisotopic (exact) mass is 368 g/mol. The van der Waals surface area contributed by atoms with Gasteiger partial charge in [-0.2, -0.15) is 5.26 Å². The Balaban J connectivity index is 2.18. The van der Waals surface area contributed by atoms with Crippen molar-refractivity contribution in [2.75, 3.05) is 30.9 Å². The number of hydrogen-bond acceptors (Lipinski definition) is 6. The molecule has 0 atom stereocenters. The van der Waals surface area contributed by atoms with Crippen LogP contribution in [-0.2, 0) is 0 Å². The third-order valence-corrected chi connectivity index (χ3v) is 3.71. The molecule has 0 saturated heterocycles. The Kier molecular flexibility index (Phi) is 6.72. The van der Waals surface area contributed by atoms with E-state index in [-0.39, 0.29) is 11.3 Å². The molecule has 8 heteroatoms. The normalized spacial score (nSPS) is 9.96. The minimum atomic E-state index is -0.536. The van der Waals surface area contributed by atoms with Crippen molar-refractivity contribution in [2.45, 2.75) is 12.8 Å². The summed E-state index contributed by atoms with van der Waals surface area (Å²) >= 11 is 0. The van der Waals surface area contributed by atoms with E-state index in [1.165, 1.54) is 12.1 Å². The van der Waals surface area contributed by atoms with Crippen molar-refractivity contribution in [1.29, 1.82) is 5.26 Å². The fraction of sp³-hybridized carbons (Fsp3) is 0.263. The van der Waals surface area contributed by atoms with E-state index >= 15 is 0 Å². The summed E-state index contributed by atoms with van der Waals surface area (Å²) in [5.74, 6) is 0.113. The van der Waals surface area contributed by atoms with Crippen LogP contribution < -0.4 is 15.0 Å². The molecule has 0 heterocycles. The van der Waals surface area contributed by atoms with Crippen LogP contribution in [0.5, 0.6) is 5.75 Å². The number of nitrogens with zero attached hydrogens (tertiary/aromatic N) is 3. The average molecular weight is 368 g/mol. The number of unbranched alkanes of at least 4 members (excludes halogenated alkanes) is 1. The zero-order valence-corrected chi connectivity index (χ0v) is 15.1. The topological polar surface area (TPSA) is 108 Å². The van der Waals surface area contributed by atoms with Gasteiger partial charge in [0.25, 0.3) is 11.6 Å². The van der Waals surface area contributed by atoms with Crippen LogP contribution >= 0.6 is 0 Å². The summed E-state index contributed by atoms with van der Waals surface area (Å²) in [5, 5.41) is 22.3. The second kappa shape index (κ2) is 9.20. The second-order valence-electron chi connectivity index (χ2n) is 5.95. The molecule has 1 amide bonds. The zero-order valence-electron chi connectivity index (χ0n) is 15.1. The SMILES string of the molecule is CN(C)c1ccc([N+](=O)[O-])cc1C(=O)Nc1cccc(OCCCC#N)c1. The van der Waals surface area contributed by atoms with Crippen molar-refractivity contribution in [3.63, 3.8) is 0 Å². The number of rotatable bonds is 8. The maximum Gasteiger partial charge on any atom is 0.270 e. The van der Waals surface area contributed by atoms with E-state index in [0.29, 0.717) is 36.6 Å². The standard InChI is InChI=1S/C19H20N4O4/c1-22(2)18-9-8-15(23(25)26)13-17(18)19(24)21-14-6-5-7-16(12-14)27-11-4-3-10-20/h5-9,12-13H,3-4,11H2,1-2H3,(H,21,24). The van der Waals surface area contributed by atoms with E-state index in [1.807, 2.05) is 6.07 Å². The molecule has 0 fully saturated rings. The summed E-state index contributed by atoms with van der Waals surface area (Å²) in [5.41, 5.74) is 1.13. The van der Waals surface area contributed by atoms with Crippen molar-refractivity contribution < 1.29 is 14.5 Å². The van der Waals surface area contributed by atoms with Gasteiger partial charge in [0.2, 0.25) is 0 Å². The minimum Gasteiger partial charge on any atom is -0.493 e. The summed E-state index contributed by atoms with van der Waals surface area (Å²) in [7, 11) is 3.52. The summed E-state index contributed by atoms with van der Waals surface area (Å²) < 4.78 is 5.55. The molecule has 0 spiro atoms. The van der Waals surface area contributed by atoms with Crippen LogP contribution in [0.1, 0.15) is 23.2 Å². The van der Waals surface area contributed by atoms with Gasteiger partial charge < -0.3 is 15.0 Å². The Bertz CT molecular complexity index is 874. The van der Waals surface area contributed by atoms with Crippen molar-refractivity contribution in [3.8, 4) is 11.8 Å². The van der Waals surface area contributed by atoms with Crippen LogP contribution in [0.2, 0.25) is 0 Å².